The zero-order chi connectivity index (χ0) is 18.4. The Balaban J connectivity index is 1.98. The van der Waals surface area contributed by atoms with Crippen molar-refractivity contribution in [2.75, 3.05) is 31.6 Å². The lowest BCUT2D eigenvalue weighted by atomic mass is 9.91. The van der Waals surface area contributed by atoms with Gasteiger partial charge in [-0.3, -0.25) is 9.59 Å². The minimum atomic E-state index is -0.873. The van der Waals surface area contributed by atoms with Crippen molar-refractivity contribution in [3.63, 3.8) is 0 Å². The third-order valence-corrected chi connectivity index (χ3v) is 4.31. The monoisotopic (exact) mass is 355 g/mol. The van der Waals surface area contributed by atoms with E-state index in [1.54, 1.807) is 6.92 Å². The first-order valence-corrected chi connectivity index (χ1v) is 8.30. The molecule has 3 N–H and O–H groups in total. The van der Waals surface area contributed by atoms with Crippen LogP contribution in [0.1, 0.15) is 19.8 Å². The number of hydrogen-bond acceptors (Lipinski definition) is 4. The van der Waals surface area contributed by atoms with Crippen LogP contribution in [-0.2, 0) is 14.3 Å². The summed E-state index contributed by atoms with van der Waals surface area (Å²) in [7, 11) is 0. The van der Waals surface area contributed by atoms with Crippen molar-refractivity contribution in [3.05, 3.63) is 29.8 Å². The fraction of sp³-hybridized carbons (Fsp3) is 0.529. The van der Waals surface area contributed by atoms with Crippen LogP contribution in [0.4, 0.5) is 14.5 Å². The van der Waals surface area contributed by atoms with E-state index in [4.69, 9.17) is 10.5 Å². The molecule has 1 aliphatic heterocycles. The maximum absolute atomic E-state index is 13.6. The van der Waals surface area contributed by atoms with Crippen LogP contribution in [-0.4, -0.2) is 49.1 Å². The van der Waals surface area contributed by atoms with Crippen molar-refractivity contribution < 1.29 is 23.1 Å². The van der Waals surface area contributed by atoms with Crippen molar-refractivity contribution >= 4 is 17.5 Å². The molecule has 1 unspecified atom stereocenters. The maximum atomic E-state index is 13.6. The standard InChI is InChI=1S/C17H23F2N3O3/c1-2-22(17(24)15(20)11-6-8-25-9-7-11)10-14(23)21-16-12(18)4-3-5-13(16)19/h3-5,11,15H,2,6-10,20H2,1H3,(H,21,23). The molecule has 6 nitrogen and oxygen atoms in total. The first kappa shape index (κ1) is 19.3. The fourth-order valence-corrected chi connectivity index (χ4v) is 2.80. The zero-order valence-corrected chi connectivity index (χ0v) is 14.1. The average molecular weight is 355 g/mol. The Hall–Kier alpha value is -2.06. The molecule has 1 aliphatic rings. The zero-order valence-electron chi connectivity index (χ0n) is 14.1. The van der Waals surface area contributed by atoms with Gasteiger partial charge in [0.25, 0.3) is 0 Å². The molecule has 0 spiro atoms. The Morgan fingerprint density at radius 1 is 1.32 bits per heavy atom. The number of benzene rings is 1. The average Bonchev–Trinajstić information content (AvgIpc) is 2.62. The van der Waals surface area contributed by atoms with E-state index in [2.05, 4.69) is 5.32 Å². The highest BCUT2D eigenvalue weighted by Crippen LogP contribution is 2.20. The number of carbonyl (C=O) groups excluding carboxylic acids is 2. The molecule has 1 heterocycles. The van der Waals surface area contributed by atoms with Crippen molar-refractivity contribution in [1.82, 2.24) is 4.90 Å². The number of nitrogens with two attached hydrogens (primary N) is 1. The van der Waals surface area contributed by atoms with E-state index in [0.717, 1.165) is 12.1 Å². The molecule has 0 radical (unpaired) electrons. The molecule has 1 saturated heterocycles. The summed E-state index contributed by atoms with van der Waals surface area (Å²) >= 11 is 0. The third-order valence-electron chi connectivity index (χ3n) is 4.31. The van der Waals surface area contributed by atoms with Crippen molar-refractivity contribution in [1.29, 1.82) is 0 Å². The summed E-state index contributed by atoms with van der Waals surface area (Å²) in [4.78, 5) is 25.9. The molecule has 1 aromatic carbocycles. The number of ether oxygens (including phenoxy) is 1. The van der Waals surface area contributed by atoms with Gasteiger partial charge in [-0.05, 0) is 37.8 Å². The lowest BCUT2D eigenvalue weighted by Crippen LogP contribution is -2.50. The van der Waals surface area contributed by atoms with E-state index in [1.807, 2.05) is 0 Å². The van der Waals surface area contributed by atoms with Gasteiger partial charge in [-0.15, -0.1) is 0 Å². The molecule has 2 rings (SSSR count). The smallest absolute Gasteiger partial charge is 0.244 e. The molecule has 138 valence electrons. The SMILES string of the molecule is CCN(CC(=O)Nc1c(F)cccc1F)C(=O)C(N)C1CCOCC1. The van der Waals surface area contributed by atoms with Gasteiger partial charge in [-0.1, -0.05) is 6.07 Å². The molecule has 0 saturated carbocycles. The highest BCUT2D eigenvalue weighted by atomic mass is 19.1. The predicted octanol–water partition coefficient (Wildman–Crippen LogP) is 1.51. The number of para-hydroxylation sites is 1. The van der Waals surface area contributed by atoms with Gasteiger partial charge in [-0.2, -0.15) is 0 Å². The third kappa shape index (κ3) is 4.96. The van der Waals surface area contributed by atoms with Crippen LogP contribution in [0, 0.1) is 17.6 Å². The molecule has 0 bridgehead atoms. The van der Waals surface area contributed by atoms with E-state index in [9.17, 15) is 18.4 Å². The Morgan fingerprint density at radius 2 is 1.92 bits per heavy atom. The summed E-state index contributed by atoms with van der Waals surface area (Å²) < 4.78 is 32.4. The van der Waals surface area contributed by atoms with Crippen LogP contribution in [0.15, 0.2) is 18.2 Å². The highest BCUT2D eigenvalue weighted by molar-refractivity contribution is 5.95. The number of anilines is 1. The summed E-state index contributed by atoms with van der Waals surface area (Å²) in [6.45, 7) is 2.78. The van der Waals surface area contributed by atoms with Gasteiger partial charge >= 0.3 is 0 Å². The number of halogens is 2. The number of likely N-dealkylation sites (N-methyl/N-ethyl adjacent to an activating group) is 1. The van der Waals surface area contributed by atoms with Crippen molar-refractivity contribution in [2.24, 2.45) is 11.7 Å². The molecular weight excluding hydrogens is 332 g/mol. The molecular formula is C17H23F2N3O3. The van der Waals surface area contributed by atoms with Crippen LogP contribution in [0.3, 0.4) is 0 Å². The first-order chi connectivity index (χ1) is 11.9. The van der Waals surface area contributed by atoms with Gasteiger partial charge in [0.1, 0.15) is 17.3 Å². The number of carbonyl (C=O) groups is 2. The van der Waals surface area contributed by atoms with Crippen LogP contribution in [0.2, 0.25) is 0 Å². The van der Waals surface area contributed by atoms with Gasteiger partial charge in [0, 0.05) is 19.8 Å². The van der Waals surface area contributed by atoms with E-state index in [0.29, 0.717) is 26.1 Å². The van der Waals surface area contributed by atoms with Gasteiger partial charge in [-0.25, -0.2) is 8.78 Å². The molecule has 1 aromatic rings. The number of nitrogens with zero attached hydrogens (tertiary/aromatic N) is 1. The Bertz CT molecular complexity index is 601. The maximum Gasteiger partial charge on any atom is 0.244 e. The number of rotatable bonds is 6. The molecule has 8 heteroatoms. The van der Waals surface area contributed by atoms with Crippen LogP contribution < -0.4 is 11.1 Å². The topological polar surface area (TPSA) is 84.7 Å². The lowest BCUT2D eigenvalue weighted by molar-refractivity contribution is -0.137. The highest BCUT2D eigenvalue weighted by Gasteiger charge is 2.30. The second-order valence-corrected chi connectivity index (χ2v) is 5.97. The Kier molecular flexibility index (Phi) is 6.83. The molecule has 2 amide bonds. The number of hydrogen-bond donors (Lipinski definition) is 2. The fourth-order valence-electron chi connectivity index (χ4n) is 2.80. The van der Waals surface area contributed by atoms with Gasteiger partial charge in [0.05, 0.1) is 12.6 Å². The molecule has 0 aliphatic carbocycles. The molecule has 25 heavy (non-hydrogen) atoms. The van der Waals surface area contributed by atoms with E-state index in [-0.39, 0.29) is 24.9 Å². The minimum Gasteiger partial charge on any atom is -0.381 e. The van der Waals surface area contributed by atoms with Crippen molar-refractivity contribution in [3.8, 4) is 0 Å². The lowest BCUT2D eigenvalue weighted by Gasteiger charge is -2.30. The second kappa shape index (κ2) is 8.87. The number of nitrogens with one attached hydrogen (secondary N) is 1. The summed E-state index contributed by atoms with van der Waals surface area (Å²) in [6, 6.07) is 2.57. The summed E-state index contributed by atoms with van der Waals surface area (Å²) in [6.07, 6.45) is 1.38. The summed E-state index contributed by atoms with van der Waals surface area (Å²) in [5.74, 6) is -2.78. The van der Waals surface area contributed by atoms with E-state index < -0.39 is 29.3 Å². The number of amides is 2. The predicted molar refractivity (Wildman–Crippen MR) is 88.8 cm³/mol. The quantitative estimate of drug-likeness (QED) is 0.810. The first-order valence-electron chi connectivity index (χ1n) is 8.30. The largest absolute Gasteiger partial charge is 0.381 e. The Morgan fingerprint density at radius 3 is 2.48 bits per heavy atom. The second-order valence-electron chi connectivity index (χ2n) is 5.97. The molecule has 1 atom stereocenters. The minimum absolute atomic E-state index is 0.00220. The van der Waals surface area contributed by atoms with Gasteiger partial charge in [0.2, 0.25) is 11.8 Å². The van der Waals surface area contributed by atoms with Crippen molar-refractivity contribution in [2.45, 2.75) is 25.8 Å². The van der Waals surface area contributed by atoms with Gasteiger partial charge in [0.15, 0.2) is 0 Å². The normalized spacial score (nSPS) is 16.3. The molecule has 1 fully saturated rings. The van der Waals surface area contributed by atoms with E-state index in [1.165, 1.54) is 11.0 Å². The van der Waals surface area contributed by atoms with Crippen LogP contribution >= 0.6 is 0 Å². The molecule has 0 aromatic heterocycles. The van der Waals surface area contributed by atoms with Crippen LogP contribution in [0.5, 0.6) is 0 Å². The van der Waals surface area contributed by atoms with Gasteiger partial charge < -0.3 is 20.7 Å². The van der Waals surface area contributed by atoms with Crippen LogP contribution in [0.25, 0.3) is 0 Å². The van der Waals surface area contributed by atoms with E-state index >= 15 is 0 Å². The Labute approximate surface area is 145 Å². The summed E-state index contributed by atoms with van der Waals surface area (Å²) in [5.41, 5.74) is 5.52. The summed E-state index contributed by atoms with van der Waals surface area (Å²) in [5, 5.41) is 2.17.